The van der Waals surface area contributed by atoms with Crippen molar-refractivity contribution in [3.05, 3.63) is 21.4 Å². The van der Waals surface area contributed by atoms with Crippen LogP contribution in [0.25, 0.3) is 0 Å². The molecule has 0 spiro atoms. The number of nitrogens with one attached hydrogen (secondary N) is 1. The molecule has 2 rings (SSSR count). The number of thiophene rings is 1. The van der Waals surface area contributed by atoms with Gasteiger partial charge in [0.2, 0.25) is 0 Å². The Balaban J connectivity index is 2.16. The van der Waals surface area contributed by atoms with Gasteiger partial charge in [-0.15, -0.1) is 11.3 Å². The molecule has 2 atom stereocenters. The molecule has 2 unspecified atom stereocenters. The Morgan fingerprint density at radius 2 is 2.05 bits per heavy atom. The molecule has 1 saturated heterocycles. The van der Waals surface area contributed by atoms with Gasteiger partial charge in [0.15, 0.2) is 0 Å². The number of aryl methyl sites for hydroxylation is 2. The normalized spacial score (nSPS) is 23.6. The van der Waals surface area contributed by atoms with Crippen molar-refractivity contribution in [2.45, 2.75) is 60.0 Å². The average Bonchev–Trinajstić information content (AvgIpc) is 2.56. The molecule has 0 bridgehead atoms. The smallest absolute Gasteiger partial charge is 0.0331 e. The molecule has 20 heavy (non-hydrogen) atoms. The Hall–Kier alpha value is -0.380. The summed E-state index contributed by atoms with van der Waals surface area (Å²) in [5.74, 6) is 0. The predicted molar refractivity (Wildman–Crippen MR) is 89.6 cm³/mol. The van der Waals surface area contributed by atoms with Crippen molar-refractivity contribution in [1.29, 1.82) is 0 Å². The van der Waals surface area contributed by atoms with Crippen LogP contribution in [-0.2, 0) is 0 Å². The van der Waals surface area contributed by atoms with Crippen LogP contribution in [0.15, 0.2) is 6.07 Å². The number of rotatable bonds is 2. The van der Waals surface area contributed by atoms with Crippen LogP contribution in [0.2, 0.25) is 0 Å². The highest BCUT2D eigenvalue weighted by Gasteiger charge is 2.30. The Bertz CT molecular complexity index is 444. The molecule has 1 aromatic heterocycles. The largest absolute Gasteiger partial charge is 0.312 e. The maximum Gasteiger partial charge on any atom is 0.0331 e. The molecule has 0 amide bonds. The molecule has 1 aliphatic heterocycles. The molecular weight excluding hydrogens is 264 g/mol. The molecule has 0 radical (unpaired) electrons. The monoisotopic (exact) mass is 294 g/mol. The van der Waals surface area contributed by atoms with Gasteiger partial charge in [-0.3, -0.25) is 4.90 Å². The van der Waals surface area contributed by atoms with E-state index in [2.05, 4.69) is 57.8 Å². The Labute approximate surface area is 128 Å². The summed E-state index contributed by atoms with van der Waals surface area (Å²) in [6.45, 7) is 17.4. The molecule has 1 aliphatic rings. The summed E-state index contributed by atoms with van der Waals surface area (Å²) < 4.78 is 0. The van der Waals surface area contributed by atoms with Crippen LogP contribution in [0.4, 0.5) is 0 Å². The fourth-order valence-corrected chi connectivity index (χ4v) is 4.16. The van der Waals surface area contributed by atoms with Gasteiger partial charge in [-0.25, -0.2) is 0 Å². The van der Waals surface area contributed by atoms with Crippen molar-refractivity contribution in [2.24, 2.45) is 5.41 Å². The van der Waals surface area contributed by atoms with Crippen LogP contribution in [0.1, 0.15) is 55.5 Å². The highest BCUT2D eigenvalue weighted by molar-refractivity contribution is 7.12. The van der Waals surface area contributed by atoms with E-state index in [0.29, 0.717) is 17.5 Å². The number of nitrogens with zero attached hydrogens (tertiary/aromatic N) is 1. The van der Waals surface area contributed by atoms with Crippen LogP contribution < -0.4 is 5.32 Å². The second kappa shape index (κ2) is 6.17. The first-order valence-electron chi connectivity index (χ1n) is 7.83. The van der Waals surface area contributed by atoms with E-state index in [4.69, 9.17) is 0 Å². The van der Waals surface area contributed by atoms with Crippen molar-refractivity contribution < 1.29 is 0 Å². The lowest BCUT2D eigenvalue weighted by Gasteiger charge is -2.36. The van der Waals surface area contributed by atoms with Crippen molar-refractivity contribution in [3.8, 4) is 0 Å². The molecule has 2 nitrogen and oxygen atoms in total. The van der Waals surface area contributed by atoms with Crippen LogP contribution in [0.5, 0.6) is 0 Å². The van der Waals surface area contributed by atoms with E-state index in [0.717, 1.165) is 13.1 Å². The molecule has 0 aromatic carbocycles. The number of hydrogen-bond acceptors (Lipinski definition) is 3. The van der Waals surface area contributed by atoms with E-state index in [9.17, 15) is 0 Å². The van der Waals surface area contributed by atoms with Gasteiger partial charge in [0.05, 0.1) is 0 Å². The third-order valence-electron chi connectivity index (χ3n) is 4.55. The summed E-state index contributed by atoms with van der Waals surface area (Å²) in [5, 5.41) is 3.74. The molecule has 1 fully saturated rings. The fourth-order valence-electron chi connectivity index (χ4n) is 3.14. The summed E-state index contributed by atoms with van der Waals surface area (Å²) in [7, 11) is 0. The molecule has 0 saturated carbocycles. The zero-order chi connectivity index (χ0) is 14.9. The topological polar surface area (TPSA) is 15.3 Å². The second-order valence-corrected chi connectivity index (χ2v) is 8.73. The van der Waals surface area contributed by atoms with Gasteiger partial charge in [0.1, 0.15) is 0 Å². The SMILES string of the molecule is Cc1cc(C(C)N2CCCNC(C(C)(C)C)C2)c(C)s1. The molecule has 1 aromatic rings. The maximum atomic E-state index is 3.74. The lowest BCUT2D eigenvalue weighted by Crippen LogP contribution is -2.46. The van der Waals surface area contributed by atoms with E-state index in [1.54, 1.807) is 0 Å². The molecule has 0 aliphatic carbocycles. The van der Waals surface area contributed by atoms with E-state index < -0.39 is 0 Å². The van der Waals surface area contributed by atoms with Crippen molar-refractivity contribution in [2.75, 3.05) is 19.6 Å². The standard InChI is InChI=1S/C17H30N2S/c1-12-10-15(14(3)20-12)13(2)19-9-7-8-18-16(11-19)17(4,5)6/h10,13,16,18H,7-9,11H2,1-6H3. The van der Waals surface area contributed by atoms with Crippen LogP contribution in [0.3, 0.4) is 0 Å². The third kappa shape index (κ3) is 3.63. The second-order valence-electron chi connectivity index (χ2n) is 7.27. The minimum atomic E-state index is 0.321. The van der Waals surface area contributed by atoms with E-state index in [1.807, 2.05) is 11.3 Å². The molecule has 2 heterocycles. The fraction of sp³-hybridized carbons (Fsp3) is 0.765. The Kier molecular flexibility index (Phi) is 4.93. The quantitative estimate of drug-likeness (QED) is 0.882. The predicted octanol–water partition coefficient (Wildman–Crippen LogP) is 4.14. The first-order chi connectivity index (χ1) is 9.29. The molecular formula is C17H30N2S. The van der Waals surface area contributed by atoms with Gasteiger partial charge < -0.3 is 5.32 Å². The molecule has 1 N–H and O–H groups in total. The van der Waals surface area contributed by atoms with Gasteiger partial charge in [0.25, 0.3) is 0 Å². The third-order valence-corrected chi connectivity index (χ3v) is 5.53. The van der Waals surface area contributed by atoms with E-state index >= 15 is 0 Å². The first kappa shape index (κ1) is 16.0. The molecule has 114 valence electrons. The van der Waals surface area contributed by atoms with Gasteiger partial charge in [-0.2, -0.15) is 0 Å². The first-order valence-corrected chi connectivity index (χ1v) is 8.65. The van der Waals surface area contributed by atoms with E-state index in [-0.39, 0.29) is 0 Å². The lowest BCUT2D eigenvalue weighted by molar-refractivity contribution is 0.162. The summed E-state index contributed by atoms with van der Waals surface area (Å²) in [6.07, 6.45) is 1.25. The van der Waals surface area contributed by atoms with Crippen molar-refractivity contribution >= 4 is 11.3 Å². The highest BCUT2D eigenvalue weighted by atomic mass is 32.1. The lowest BCUT2D eigenvalue weighted by atomic mass is 9.86. The summed E-state index contributed by atoms with van der Waals surface area (Å²) in [5.41, 5.74) is 1.85. The number of hydrogen-bond donors (Lipinski definition) is 1. The Morgan fingerprint density at radius 1 is 1.35 bits per heavy atom. The minimum Gasteiger partial charge on any atom is -0.312 e. The van der Waals surface area contributed by atoms with Crippen LogP contribution in [0, 0.1) is 19.3 Å². The van der Waals surface area contributed by atoms with Crippen LogP contribution in [-0.4, -0.2) is 30.6 Å². The van der Waals surface area contributed by atoms with Gasteiger partial charge in [-0.1, -0.05) is 20.8 Å². The van der Waals surface area contributed by atoms with Crippen molar-refractivity contribution in [3.63, 3.8) is 0 Å². The summed E-state index contributed by atoms with van der Waals surface area (Å²) >= 11 is 1.93. The van der Waals surface area contributed by atoms with Gasteiger partial charge in [-0.05, 0) is 50.8 Å². The van der Waals surface area contributed by atoms with Crippen molar-refractivity contribution in [1.82, 2.24) is 10.2 Å². The van der Waals surface area contributed by atoms with Gasteiger partial charge in [0, 0.05) is 34.9 Å². The highest BCUT2D eigenvalue weighted by Crippen LogP contribution is 2.32. The summed E-state index contributed by atoms with van der Waals surface area (Å²) in [6, 6.07) is 3.49. The van der Waals surface area contributed by atoms with Crippen LogP contribution >= 0.6 is 11.3 Å². The maximum absolute atomic E-state index is 3.74. The molecule has 3 heteroatoms. The summed E-state index contributed by atoms with van der Waals surface area (Å²) in [4.78, 5) is 5.59. The average molecular weight is 295 g/mol. The van der Waals surface area contributed by atoms with E-state index in [1.165, 1.54) is 28.3 Å². The minimum absolute atomic E-state index is 0.321. The van der Waals surface area contributed by atoms with Gasteiger partial charge >= 0.3 is 0 Å². The Morgan fingerprint density at radius 3 is 2.60 bits per heavy atom. The zero-order valence-electron chi connectivity index (χ0n) is 13.9. The zero-order valence-corrected chi connectivity index (χ0v) is 14.7.